The summed E-state index contributed by atoms with van der Waals surface area (Å²) in [6, 6.07) is 0.0530. The molecule has 1 saturated heterocycles. The molecule has 1 rings (SSSR count). The van der Waals surface area contributed by atoms with Crippen LogP contribution in [-0.2, 0) is 9.59 Å². The van der Waals surface area contributed by atoms with Crippen LogP contribution in [0.25, 0.3) is 0 Å². The van der Waals surface area contributed by atoms with Crippen molar-refractivity contribution in [3.05, 3.63) is 0 Å². The van der Waals surface area contributed by atoms with E-state index in [0.29, 0.717) is 6.42 Å². The summed E-state index contributed by atoms with van der Waals surface area (Å²) in [4.78, 5) is 25.0. The van der Waals surface area contributed by atoms with Gasteiger partial charge in [0.15, 0.2) is 6.10 Å². The van der Waals surface area contributed by atoms with E-state index in [1.54, 1.807) is 0 Å². The summed E-state index contributed by atoms with van der Waals surface area (Å²) in [5.74, 6) is -1.11. The Bertz CT molecular complexity index is 405. The third-order valence-electron chi connectivity index (χ3n) is 3.92. The minimum atomic E-state index is -4.61. The van der Waals surface area contributed by atoms with Crippen molar-refractivity contribution in [3.63, 3.8) is 0 Å². The summed E-state index contributed by atoms with van der Waals surface area (Å²) < 4.78 is 37.4. The van der Waals surface area contributed by atoms with Crippen LogP contribution >= 0.6 is 0 Å². The highest BCUT2D eigenvalue weighted by Crippen LogP contribution is 2.31. The van der Waals surface area contributed by atoms with Gasteiger partial charge in [-0.2, -0.15) is 13.2 Å². The lowest BCUT2D eigenvalue weighted by Crippen LogP contribution is -2.45. The van der Waals surface area contributed by atoms with Crippen molar-refractivity contribution >= 4 is 11.8 Å². The lowest BCUT2D eigenvalue weighted by Gasteiger charge is -2.34. The molecule has 0 aromatic heterocycles. The van der Waals surface area contributed by atoms with Gasteiger partial charge in [0.25, 0.3) is 0 Å². The number of hydrogen-bond acceptors (Lipinski definition) is 3. The van der Waals surface area contributed by atoms with E-state index >= 15 is 0 Å². The van der Waals surface area contributed by atoms with Crippen LogP contribution in [0.15, 0.2) is 0 Å². The average molecular weight is 338 g/mol. The number of carbonyl (C=O) groups excluding carboxylic acids is 2. The molecule has 0 saturated carbocycles. The van der Waals surface area contributed by atoms with Gasteiger partial charge in [0.1, 0.15) is 0 Å². The van der Waals surface area contributed by atoms with E-state index in [2.05, 4.69) is 5.32 Å². The molecule has 0 aromatic carbocycles. The Morgan fingerprint density at radius 3 is 2.26 bits per heavy atom. The van der Waals surface area contributed by atoms with E-state index in [0.717, 1.165) is 0 Å². The van der Waals surface area contributed by atoms with Gasteiger partial charge >= 0.3 is 6.18 Å². The summed E-state index contributed by atoms with van der Waals surface area (Å²) in [6.45, 7) is 4.13. The summed E-state index contributed by atoms with van der Waals surface area (Å²) >= 11 is 0. The topological polar surface area (TPSA) is 69.6 Å². The molecule has 0 spiro atoms. The smallest absolute Gasteiger partial charge is 0.383 e. The molecule has 8 heteroatoms. The number of hydrogen-bond donors (Lipinski definition) is 2. The van der Waals surface area contributed by atoms with Crippen LogP contribution in [-0.4, -0.2) is 53.2 Å². The first-order valence-corrected chi connectivity index (χ1v) is 7.93. The Balaban J connectivity index is 2.29. The molecule has 0 aliphatic carbocycles. The predicted octanol–water partition coefficient (Wildman–Crippen LogP) is 1.84. The highest BCUT2D eigenvalue weighted by molar-refractivity contribution is 5.79. The van der Waals surface area contributed by atoms with Crippen LogP contribution in [0.3, 0.4) is 0 Å². The molecule has 2 amide bonds. The number of halogens is 3. The van der Waals surface area contributed by atoms with Gasteiger partial charge < -0.3 is 15.3 Å². The molecule has 1 heterocycles. The molecule has 1 aliphatic rings. The second-order valence-electron chi connectivity index (χ2n) is 6.28. The van der Waals surface area contributed by atoms with Gasteiger partial charge in [-0.05, 0) is 39.0 Å². The van der Waals surface area contributed by atoms with Gasteiger partial charge in [-0.25, -0.2) is 0 Å². The van der Waals surface area contributed by atoms with Gasteiger partial charge in [0.05, 0.1) is 0 Å². The standard InChI is InChI=1S/C15H25F3N2O3/c1-10(2)19-12(21)4-3-5-13(22)20-8-6-11(7-9-20)14(23)15(16,17)18/h10-11,14,23H,3-9H2,1-2H3,(H,19,21). The Hall–Kier alpha value is -1.31. The van der Waals surface area contributed by atoms with Gasteiger partial charge in [0, 0.05) is 32.0 Å². The highest BCUT2D eigenvalue weighted by atomic mass is 19.4. The van der Waals surface area contributed by atoms with Crippen LogP contribution < -0.4 is 5.32 Å². The summed E-state index contributed by atoms with van der Waals surface area (Å²) in [6.07, 6.45) is -5.77. The van der Waals surface area contributed by atoms with Crippen molar-refractivity contribution < 1.29 is 27.9 Å². The lowest BCUT2D eigenvalue weighted by atomic mass is 9.90. The summed E-state index contributed by atoms with van der Waals surface area (Å²) in [5.41, 5.74) is 0. The maximum Gasteiger partial charge on any atom is 0.414 e. The number of amides is 2. The molecular weight excluding hydrogens is 313 g/mol. The Labute approximate surface area is 134 Å². The first-order chi connectivity index (χ1) is 10.6. The summed E-state index contributed by atoms with van der Waals surface area (Å²) in [7, 11) is 0. The summed E-state index contributed by atoms with van der Waals surface area (Å²) in [5, 5.41) is 12.0. The molecule has 134 valence electrons. The van der Waals surface area contributed by atoms with Gasteiger partial charge in [-0.3, -0.25) is 9.59 Å². The number of piperidine rings is 1. The fourth-order valence-electron chi connectivity index (χ4n) is 2.68. The first-order valence-electron chi connectivity index (χ1n) is 7.93. The van der Waals surface area contributed by atoms with Crippen LogP contribution in [0.2, 0.25) is 0 Å². The van der Waals surface area contributed by atoms with Crippen molar-refractivity contribution in [2.45, 2.75) is 64.3 Å². The second kappa shape index (κ2) is 8.52. The molecule has 1 unspecified atom stereocenters. The van der Waals surface area contributed by atoms with Crippen molar-refractivity contribution in [2.75, 3.05) is 13.1 Å². The Kier molecular flexibility index (Phi) is 7.31. The van der Waals surface area contributed by atoms with Crippen LogP contribution in [0, 0.1) is 5.92 Å². The molecule has 23 heavy (non-hydrogen) atoms. The number of nitrogens with zero attached hydrogens (tertiary/aromatic N) is 1. The minimum Gasteiger partial charge on any atom is -0.383 e. The molecule has 0 aromatic rings. The average Bonchev–Trinajstić information content (AvgIpc) is 2.44. The van der Waals surface area contributed by atoms with Crippen LogP contribution in [0.4, 0.5) is 13.2 Å². The maximum absolute atomic E-state index is 12.5. The number of likely N-dealkylation sites (tertiary alicyclic amines) is 1. The van der Waals surface area contributed by atoms with Gasteiger partial charge in [-0.15, -0.1) is 0 Å². The second-order valence-corrected chi connectivity index (χ2v) is 6.28. The number of nitrogens with one attached hydrogen (secondary N) is 1. The van der Waals surface area contributed by atoms with Crippen molar-refractivity contribution in [2.24, 2.45) is 5.92 Å². The van der Waals surface area contributed by atoms with Gasteiger partial charge in [-0.1, -0.05) is 0 Å². The normalized spacial score (nSPS) is 18.1. The molecular formula is C15H25F3N2O3. The van der Waals surface area contributed by atoms with Crippen molar-refractivity contribution in [3.8, 4) is 0 Å². The number of rotatable bonds is 6. The largest absolute Gasteiger partial charge is 0.414 e. The number of alkyl halides is 3. The first kappa shape index (κ1) is 19.7. The monoisotopic (exact) mass is 338 g/mol. The fourth-order valence-corrected chi connectivity index (χ4v) is 2.68. The zero-order valence-corrected chi connectivity index (χ0v) is 13.5. The molecule has 2 N–H and O–H groups in total. The van der Waals surface area contributed by atoms with E-state index < -0.39 is 18.2 Å². The van der Waals surface area contributed by atoms with E-state index in [1.807, 2.05) is 13.8 Å². The van der Waals surface area contributed by atoms with E-state index in [9.17, 15) is 27.9 Å². The molecule has 0 radical (unpaired) electrons. The quantitative estimate of drug-likeness (QED) is 0.776. The third kappa shape index (κ3) is 6.76. The number of carbonyl (C=O) groups is 2. The number of aliphatic hydroxyl groups is 1. The SMILES string of the molecule is CC(C)NC(=O)CCCC(=O)N1CCC(C(O)C(F)(F)F)CC1. The molecule has 1 fully saturated rings. The zero-order chi connectivity index (χ0) is 17.6. The van der Waals surface area contributed by atoms with Crippen LogP contribution in [0.1, 0.15) is 46.0 Å². The Morgan fingerprint density at radius 1 is 1.22 bits per heavy atom. The number of aliphatic hydroxyl groups excluding tert-OH is 1. The van der Waals surface area contributed by atoms with E-state index in [1.165, 1.54) is 4.90 Å². The maximum atomic E-state index is 12.5. The van der Waals surface area contributed by atoms with Crippen LogP contribution in [0.5, 0.6) is 0 Å². The fraction of sp³-hybridized carbons (Fsp3) is 0.867. The molecule has 1 aliphatic heterocycles. The highest BCUT2D eigenvalue weighted by Gasteiger charge is 2.44. The predicted molar refractivity (Wildman–Crippen MR) is 78.5 cm³/mol. The van der Waals surface area contributed by atoms with Gasteiger partial charge in [0.2, 0.25) is 11.8 Å². The third-order valence-corrected chi connectivity index (χ3v) is 3.92. The van der Waals surface area contributed by atoms with E-state index in [-0.39, 0.29) is 56.6 Å². The van der Waals surface area contributed by atoms with Crippen molar-refractivity contribution in [1.29, 1.82) is 0 Å². The molecule has 1 atom stereocenters. The Morgan fingerprint density at radius 2 is 1.78 bits per heavy atom. The molecule has 5 nitrogen and oxygen atoms in total. The minimum absolute atomic E-state index is 0.0530. The van der Waals surface area contributed by atoms with Crippen molar-refractivity contribution in [1.82, 2.24) is 10.2 Å². The lowest BCUT2D eigenvalue weighted by molar-refractivity contribution is -0.222. The zero-order valence-electron chi connectivity index (χ0n) is 13.5. The molecule has 0 bridgehead atoms. The van der Waals surface area contributed by atoms with E-state index in [4.69, 9.17) is 0 Å².